The summed E-state index contributed by atoms with van der Waals surface area (Å²) in [6.45, 7) is 3.11. The molecule has 0 aliphatic rings. The lowest BCUT2D eigenvalue weighted by Crippen LogP contribution is -2.36. The average Bonchev–Trinajstić information content (AvgIpc) is 2.63. The number of rotatable bonds is 8. The first-order valence-corrected chi connectivity index (χ1v) is 8.57. The number of carbonyl (C=O) groups is 1. The van der Waals surface area contributed by atoms with Crippen LogP contribution in [-0.2, 0) is 6.42 Å². The molecule has 5 heteroatoms. The summed E-state index contributed by atoms with van der Waals surface area (Å²) >= 11 is 0. The van der Waals surface area contributed by atoms with E-state index < -0.39 is 0 Å². The number of hydrogen-bond donors (Lipinski definition) is 2. The van der Waals surface area contributed by atoms with Crippen molar-refractivity contribution in [3.8, 4) is 5.75 Å². The highest BCUT2D eigenvalue weighted by atomic mass is 16.5. The Morgan fingerprint density at radius 2 is 1.80 bits per heavy atom. The van der Waals surface area contributed by atoms with Crippen LogP contribution >= 0.6 is 0 Å². The molecule has 5 nitrogen and oxygen atoms in total. The Bertz CT molecular complexity index is 682. The lowest BCUT2D eigenvalue weighted by Gasteiger charge is -2.06. The highest BCUT2D eigenvalue weighted by Gasteiger charge is 2.06. The van der Waals surface area contributed by atoms with Gasteiger partial charge >= 0.3 is 0 Å². The van der Waals surface area contributed by atoms with Gasteiger partial charge in [0.1, 0.15) is 5.75 Å². The zero-order valence-corrected chi connectivity index (χ0v) is 14.6. The van der Waals surface area contributed by atoms with Gasteiger partial charge < -0.3 is 10.5 Å². The molecule has 0 atom stereocenters. The molecular weight excluding hydrogens is 314 g/mol. The predicted molar refractivity (Wildman–Crippen MR) is 101 cm³/mol. The van der Waals surface area contributed by atoms with Crippen LogP contribution in [-0.4, -0.2) is 25.0 Å². The van der Waals surface area contributed by atoms with E-state index in [0.717, 1.165) is 25.0 Å². The van der Waals surface area contributed by atoms with Gasteiger partial charge in [0.2, 0.25) is 0 Å². The van der Waals surface area contributed by atoms with Gasteiger partial charge in [-0.2, -0.15) is 0 Å². The van der Waals surface area contributed by atoms with E-state index in [-0.39, 0.29) is 11.9 Å². The Labute approximate surface area is 148 Å². The molecule has 25 heavy (non-hydrogen) atoms. The summed E-state index contributed by atoms with van der Waals surface area (Å²) in [4.78, 5) is 16.3. The Morgan fingerprint density at radius 3 is 2.48 bits per heavy atom. The molecule has 0 spiro atoms. The number of benzene rings is 2. The van der Waals surface area contributed by atoms with Crippen molar-refractivity contribution < 1.29 is 9.53 Å². The SMILES string of the molecule is CCOc1ccc(C(=O)NC(N)=NCCCCc2ccccc2)cc1. The van der Waals surface area contributed by atoms with E-state index in [2.05, 4.69) is 22.4 Å². The standard InChI is InChI=1S/C20H25N3O2/c1-2-25-18-13-11-17(12-14-18)19(24)23-20(21)22-15-7-6-10-16-8-4-3-5-9-16/h3-5,8-9,11-14H,2,6-7,10,15H2,1H3,(H3,21,22,23,24). The normalized spacial score (nSPS) is 11.2. The zero-order chi connectivity index (χ0) is 17.9. The summed E-state index contributed by atoms with van der Waals surface area (Å²) in [5.41, 5.74) is 7.62. The van der Waals surface area contributed by atoms with Gasteiger partial charge in [-0.05, 0) is 56.0 Å². The number of amides is 1. The first-order valence-electron chi connectivity index (χ1n) is 8.57. The second kappa shape index (κ2) is 10.1. The number of guanidine groups is 1. The molecule has 1 amide bonds. The van der Waals surface area contributed by atoms with Gasteiger partial charge in [0.15, 0.2) is 5.96 Å². The van der Waals surface area contributed by atoms with E-state index in [1.807, 2.05) is 25.1 Å². The molecule has 0 radical (unpaired) electrons. The summed E-state index contributed by atoms with van der Waals surface area (Å²) in [5.74, 6) is 0.617. The average molecular weight is 339 g/mol. The number of nitrogens with zero attached hydrogens (tertiary/aromatic N) is 1. The van der Waals surface area contributed by atoms with Gasteiger partial charge in [-0.3, -0.25) is 15.1 Å². The molecule has 0 aromatic heterocycles. The molecule has 0 fully saturated rings. The van der Waals surface area contributed by atoms with E-state index in [1.54, 1.807) is 24.3 Å². The van der Waals surface area contributed by atoms with Crippen LogP contribution in [0.15, 0.2) is 59.6 Å². The molecule has 0 aliphatic carbocycles. The topological polar surface area (TPSA) is 76.7 Å². The number of carbonyl (C=O) groups excluding carboxylic acids is 1. The number of ether oxygens (including phenoxy) is 1. The number of hydrogen-bond acceptors (Lipinski definition) is 3. The maximum atomic E-state index is 12.1. The van der Waals surface area contributed by atoms with Crippen molar-refractivity contribution in [2.24, 2.45) is 10.7 Å². The Hall–Kier alpha value is -2.82. The van der Waals surface area contributed by atoms with Crippen molar-refractivity contribution >= 4 is 11.9 Å². The molecular formula is C20H25N3O2. The van der Waals surface area contributed by atoms with Gasteiger partial charge in [-0.1, -0.05) is 30.3 Å². The Balaban J connectivity index is 1.71. The minimum Gasteiger partial charge on any atom is -0.494 e. The molecule has 0 saturated heterocycles. The van der Waals surface area contributed by atoms with Crippen LogP contribution in [0.2, 0.25) is 0 Å². The number of aryl methyl sites for hydroxylation is 1. The first-order chi connectivity index (χ1) is 12.2. The molecule has 2 aromatic carbocycles. The highest BCUT2D eigenvalue weighted by molar-refractivity contribution is 6.05. The molecule has 0 heterocycles. The van der Waals surface area contributed by atoms with E-state index in [0.29, 0.717) is 18.7 Å². The summed E-state index contributed by atoms with van der Waals surface area (Å²) in [6, 6.07) is 17.3. The summed E-state index contributed by atoms with van der Waals surface area (Å²) < 4.78 is 5.35. The van der Waals surface area contributed by atoms with Gasteiger partial charge in [0.25, 0.3) is 5.91 Å². The summed E-state index contributed by atoms with van der Waals surface area (Å²) in [5, 5.41) is 2.60. The number of unbranched alkanes of at least 4 members (excludes halogenated alkanes) is 1. The Kier molecular flexibility index (Phi) is 7.50. The van der Waals surface area contributed by atoms with Crippen LogP contribution < -0.4 is 15.8 Å². The lowest BCUT2D eigenvalue weighted by atomic mass is 10.1. The van der Waals surface area contributed by atoms with Crippen molar-refractivity contribution in [3.05, 3.63) is 65.7 Å². The smallest absolute Gasteiger partial charge is 0.257 e. The molecule has 3 N–H and O–H groups in total. The molecule has 0 saturated carbocycles. The van der Waals surface area contributed by atoms with Crippen LogP contribution in [0, 0.1) is 0 Å². The second-order valence-corrected chi connectivity index (χ2v) is 5.62. The predicted octanol–water partition coefficient (Wildman–Crippen LogP) is 3.15. The zero-order valence-electron chi connectivity index (χ0n) is 14.6. The van der Waals surface area contributed by atoms with E-state index in [9.17, 15) is 4.79 Å². The van der Waals surface area contributed by atoms with Crippen molar-refractivity contribution in [1.29, 1.82) is 0 Å². The van der Waals surface area contributed by atoms with Crippen LogP contribution in [0.3, 0.4) is 0 Å². The molecule has 2 aromatic rings. The third-order valence-electron chi connectivity index (χ3n) is 3.67. The van der Waals surface area contributed by atoms with Crippen LogP contribution in [0.1, 0.15) is 35.7 Å². The lowest BCUT2D eigenvalue weighted by molar-refractivity contribution is 0.0976. The third-order valence-corrected chi connectivity index (χ3v) is 3.67. The molecule has 0 aliphatic heterocycles. The fraction of sp³-hybridized carbons (Fsp3) is 0.300. The minimum atomic E-state index is -0.270. The maximum Gasteiger partial charge on any atom is 0.257 e. The fourth-order valence-electron chi connectivity index (χ4n) is 2.38. The second-order valence-electron chi connectivity index (χ2n) is 5.62. The van der Waals surface area contributed by atoms with Crippen LogP contribution in [0.5, 0.6) is 5.75 Å². The monoisotopic (exact) mass is 339 g/mol. The van der Waals surface area contributed by atoms with E-state index in [4.69, 9.17) is 10.5 Å². The van der Waals surface area contributed by atoms with Gasteiger partial charge in [-0.15, -0.1) is 0 Å². The molecule has 0 unspecified atom stereocenters. The molecule has 0 bridgehead atoms. The maximum absolute atomic E-state index is 12.1. The highest BCUT2D eigenvalue weighted by Crippen LogP contribution is 2.11. The van der Waals surface area contributed by atoms with Crippen LogP contribution in [0.25, 0.3) is 0 Å². The largest absolute Gasteiger partial charge is 0.494 e. The minimum absolute atomic E-state index is 0.151. The third kappa shape index (κ3) is 6.67. The van der Waals surface area contributed by atoms with Crippen molar-refractivity contribution in [2.75, 3.05) is 13.2 Å². The van der Waals surface area contributed by atoms with E-state index in [1.165, 1.54) is 5.56 Å². The fourth-order valence-corrected chi connectivity index (χ4v) is 2.38. The van der Waals surface area contributed by atoms with Crippen molar-refractivity contribution in [1.82, 2.24) is 5.32 Å². The Morgan fingerprint density at radius 1 is 1.08 bits per heavy atom. The number of aliphatic imine (C=N–C) groups is 1. The number of nitrogens with two attached hydrogens (primary N) is 1. The molecule has 2 rings (SSSR count). The molecule has 132 valence electrons. The first kappa shape index (κ1) is 18.5. The van der Waals surface area contributed by atoms with Crippen molar-refractivity contribution in [2.45, 2.75) is 26.2 Å². The summed E-state index contributed by atoms with van der Waals surface area (Å²) in [7, 11) is 0. The van der Waals surface area contributed by atoms with Gasteiger partial charge in [0.05, 0.1) is 6.61 Å². The van der Waals surface area contributed by atoms with Gasteiger partial charge in [-0.25, -0.2) is 0 Å². The van der Waals surface area contributed by atoms with Gasteiger partial charge in [0, 0.05) is 12.1 Å². The van der Waals surface area contributed by atoms with Crippen LogP contribution in [0.4, 0.5) is 0 Å². The van der Waals surface area contributed by atoms with Crippen molar-refractivity contribution in [3.63, 3.8) is 0 Å². The number of nitrogens with one attached hydrogen (secondary N) is 1. The summed E-state index contributed by atoms with van der Waals surface area (Å²) in [6.07, 6.45) is 2.98. The quantitative estimate of drug-likeness (QED) is 0.441. The van der Waals surface area contributed by atoms with E-state index >= 15 is 0 Å².